The zero-order valence-corrected chi connectivity index (χ0v) is 35.8. The molecule has 3 heterocycles. The van der Waals surface area contributed by atoms with Crippen LogP contribution in [0.15, 0.2) is 188 Å². The molecule has 63 heavy (non-hydrogen) atoms. The third-order valence-corrected chi connectivity index (χ3v) is 13.4. The molecule has 0 spiro atoms. The van der Waals surface area contributed by atoms with Gasteiger partial charge in [0.05, 0.1) is 22.1 Å². The summed E-state index contributed by atoms with van der Waals surface area (Å²) in [4.78, 5) is 15.6. The number of fused-ring (bicyclic) bond motifs is 8. The Labute approximate surface area is 367 Å². The van der Waals surface area contributed by atoms with Crippen LogP contribution in [0.1, 0.15) is 45.2 Å². The Morgan fingerprint density at radius 2 is 0.810 bits per heavy atom. The van der Waals surface area contributed by atoms with Crippen molar-refractivity contribution in [3.05, 3.63) is 199 Å². The van der Waals surface area contributed by atoms with Crippen molar-refractivity contribution in [2.75, 3.05) is 0 Å². The first-order valence-electron chi connectivity index (χ1n) is 21.9. The van der Waals surface area contributed by atoms with E-state index in [0.717, 1.165) is 49.7 Å². The van der Waals surface area contributed by atoms with Crippen LogP contribution < -0.4 is 0 Å². The van der Waals surface area contributed by atoms with E-state index in [1.165, 1.54) is 50.6 Å². The fourth-order valence-electron chi connectivity index (χ4n) is 10.7. The lowest BCUT2D eigenvalue weighted by Crippen LogP contribution is -2.17. The number of hydrogen-bond acceptors (Lipinski definition) is 3. The molecular formula is C58H45N5. The molecule has 12 rings (SSSR count). The van der Waals surface area contributed by atoms with Crippen molar-refractivity contribution < 1.29 is 0 Å². The van der Waals surface area contributed by atoms with Crippen molar-refractivity contribution in [1.82, 2.24) is 24.1 Å². The molecule has 3 aromatic heterocycles. The van der Waals surface area contributed by atoms with E-state index in [0.29, 0.717) is 17.6 Å². The molecule has 0 saturated heterocycles. The van der Waals surface area contributed by atoms with Gasteiger partial charge in [0.2, 0.25) is 5.95 Å². The molecular weight excluding hydrogens is 767 g/mol. The Bertz CT molecular complexity index is 3500. The van der Waals surface area contributed by atoms with Crippen molar-refractivity contribution in [1.29, 1.82) is 0 Å². The predicted octanol–water partition coefficient (Wildman–Crippen LogP) is 14.7. The molecule has 302 valence electrons. The van der Waals surface area contributed by atoms with Crippen LogP contribution in [0.3, 0.4) is 0 Å². The molecule has 0 aliphatic heterocycles. The Hall–Kier alpha value is -7.63. The van der Waals surface area contributed by atoms with Crippen molar-refractivity contribution in [2.45, 2.75) is 44.9 Å². The van der Waals surface area contributed by atoms with E-state index in [4.69, 9.17) is 15.0 Å². The van der Waals surface area contributed by atoms with Gasteiger partial charge >= 0.3 is 0 Å². The molecule has 5 nitrogen and oxygen atoms in total. The van der Waals surface area contributed by atoms with Crippen LogP contribution in [0, 0.1) is 0 Å². The molecule has 0 atom stereocenters. The van der Waals surface area contributed by atoms with Gasteiger partial charge in [0.1, 0.15) is 0 Å². The van der Waals surface area contributed by atoms with Gasteiger partial charge in [-0.1, -0.05) is 191 Å². The summed E-state index contributed by atoms with van der Waals surface area (Å²) < 4.78 is 4.67. The molecule has 11 aromatic rings. The minimum absolute atomic E-state index is 0.167. The Morgan fingerprint density at radius 1 is 0.365 bits per heavy atom. The number of nitrogens with zero attached hydrogens (tertiary/aromatic N) is 5. The van der Waals surface area contributed by atoms with Crippen LogP contribution in [0.2, 0.25) is 0 Å². The molecule has 1 aliphatic rings. The molecule has 0 fully saturated rings. The fourth-order valence-corrected chi connectivity index (χ4v) is 10.7. The summed E-state index contributed by atoms with van der Waals surface area (Å²) in [6.45, 7) is 9.53. The molecule has 0 bridgehead atoms. The second kappa shape index (κ2) is 13.9. The minimum Gasteiger partial charge on any atom is -0.307 e. The van der Waals surface area contributed by atoms with Crippen molar-refractivity contribution in [3.63, 3.8) is 0 Å². The second-order valence-corrected chi connectivity index (χ2v) is 18.4. The van der Waals surface area contributed by atoms with E-state index in [1.807, 2.05) is 36.4 Å². The van der Waals surface area contributed by atoms with Crippen LogP contribution in [0.25, 0.3) is 100 Å². The maximum Gasteiger partial charge on any atom is 0.238 e. The van der Waals surface area contributed by atoms with Crippen LogP contribution in [-0.4, -0.2) is 24.1 Å². The SMILES string of the molecule is CC1(C)CC(C)(C)c2cc(-c3ccc(-c4ccc(-n5c6ccccc6c6ccc7c8ccccc8n(-c8nc(-c9ccccc9)nc(-c9ccccc9)n8)c7c65)cc4)cc3)ccc21. The third kappa shape index (κ3) is 5.95. The standard InChI is InChI=1S/C58H45N5/c1-57(2)36-58(3,4)49-35-42(29-34-48(49)57)39-25-23-37(24-26-39)38-27-30-43(31-28-38)62-50-21-13-11-19-44(50)46-32-33-47-45-20-12-14-22-51(45)63(53(47)52(46)62)56-60-54(40-15-7-5-8-16-40)59-55(61-56)41-17-9-6-10-18-41/h5-35H,36H2,1-4H3. The summed E-state index contributed by atoms with van der Waals surface area (Å²) in [5, 5.41) is 4.63. The normalized spacial score (nSPS) is 14.2. The van der Waals surface area contributed by atoms with E-state index < -0.39 is 0 Å². The number of hydrogen-bond donors (Lipinski definition) is 0. The Morgan fingerprint density at radius 3 is 1.38 bits per heavy atom. The lowest BCUT2D eigenvalue weighted by molar-refractivity contribution is 0.403. The first-order valence-corrected chi connectivity index (χ1v) is 21.9. The van der Waals surface area contributed by atoms with Crippen LogP contribution in [0.4, 0.5) is 0 Å². The monoisotopic (exact) mass is 811 g/mol. The summed E-state index contributed by atoms with van der Waals surface area (Å²) in [7, 11) is 0. The Balaban J connectivity index is 1.02. The molecule has 5 heteroatoms. The average molecular weight is 812 g/mol. The summed E-state index contributed by atoms with van der Waals surface area (Å²) in [5.41, 5.74) is 15.5. The lowest BCUT2D eigenvalue weighted by atomic mass is 9.82. The Kier molecular flexibility index (Phi) is 8.23. The summed E-state index contributed by atoms with van der Waals surface area (Å²) >= 11 is 0. The maximum atomic E-state index is 5.26. The summed E-state index contributed by atoms with van der Waals surface area (Å²) in [5.74, 6) is 1.83. The van der Waals surface area contributed by atoms with Crippen LogP contribution >= 0.6 is 0 Å². The van der Waals surface area contributed by atoms with Gasteiger partial charge in [-0.3, -0.25) is 4.57 Å². The number of aromatic nitrogens is 5. The molecule has 0 unspecified atom stereocenters. The molecule has 0 saturated carbocycles. The van der Waals surface area contributed by atoms with Crippen molar-refractivity contribution in [3.8, 4) is 56.7 Å². The van der Waals surface area contributed by atoms with E-state index in [9.17, 15) is 0 Å². The second-order valence-electron chi connectivity index (χ2n) is 18.4. The van der Waals surface area contributed by atoms with Gasteiger partial charge in [0.15, 0.2) is 11.6 Å². The van der Waals surface area contributed by atoms with E-state index in [-0.39, 0.29) is 10.8 Å². The lowest BCUT2D eigenvalue weighted by Gasteiger charge is -2.22. The molecule has 0 radical (unpaired) electrons. The minimum atomic E-state index is 0.167. The van der Waals surface area contributed by atoms with E-state index in [2.05, 4.69) is 188 Å². The highest BCUT2D eigenvalue weighted by molar-refractivity contribution is 6.23. The predicted molar refractivity (Wildman–Crippen MR) is 261 cm³/mol. The van der Waals surface area contributed by atoms with E-state index >= 15 is 0 Å². The number of benzene rings is 8. The van der Waals surface area contributed by atoms with Crippen LogP contribution in [-0.2, 0) is 10.8 Å². The first-order chi connectivity index (χ1) is 30.7. The van der Waals surface area contributed by atoms with Gasteiger partial charge in [-0.2, -0.15) is 9.97 Å². The molecule has 0 N–H and O–H groups in total. The highest BCUT2D eigenvalue weighted by atomic mass is 15.2. The highest BCUT2D eigenvalue weighted by Crippen LogP contribution is 2.50. The van der Waals surface area contributed by atoms with Gasteiger partial charge in [-0.05, 0) is 74.9 Å². The molecule has 8 aromatic carbocycles. The third-order valence-electron chi connectivity index (χ3n) is 13.4. The maximum absolute atomic E-state index is 5.26. The van der Waals surface area contributed by atoms with Gasteiger partial charge in [-0.15, -0.1) is 0 Å². The van der Waals surface area contributed by atoms with Crippen LogP contribution in [0.5, 0.6) is 0 Å². The quantitative estimate of drug-likeness (QED) is 0.168. The zero-order chi connectivity index (χ0) is 42.5. The zero-order valence-electron chi connectivity index (χ0n) is 35.8. The average Bonchev–Trinajstić information content (AvgIpc) is 3.91. The van der Waals surface area contributed by atoms with Crippen molar-refractivity contribution >= 4 is 43.6 Å². The van der Waals surface area contributed by atoms with E-state index in [1.54, 1.807) is 0 Å². The fraction of sp³-hybridized carbons (Fsp3) is 0.121. The van der Waals surface area contributed by atoms with Gasteiger partial charge in [-0.25, -0.2) is 4.98 Å². The van der Waals surface area contributed by atoms with Crippen molar-refractivity contribution in [2.24, 2.45) is 0 Å². The summed E-state index contributed by atoms with van der Waals surface area (Å²) in [6.07, 6.45) is 1.17. The topological polar surface area (TPSA) is 48.5 Å². The highest BCUT2D eigenvalue weighted by Gasteiger charge is 2.41. The van der Waals surface area contributed by atoms with Gasteiger partial charge in [0.25, 0.3) is 0 Å². The van der Waals surface area contributed by atoms with Gasteiger partial charge < -0.3 is 4.57 Å². The molecule has 1 aliphatic carbocycles. The smallest absolute Gasteiger partial charge is 0.238 e. The number of rotatable bonds is 6. The largest absolute Gasteiger partial charge is 0.307 e. The van der Waals surface area contributed by atoms with Gasteiger partial charge in [0, 0.05) is 38.4 Å². The number of para-hydroxylation sites is 2. The summed E-state index contributed by atoms with van der Waals surface area (Å²) in [6, 6.07) is 67.4. The molecule has 0 amide bonds. The first kappa shape index (κ1) is 37.2.